The van der Waals surface area contributed by atoms with Gasteiger partial charge in [-0.25, -0.2) is 19.8 Å². The summed E-state index contributed by atoms with van der Waals surface area (Å²) in [7, 11) is 0. The molecule has 3 aromatic rings. The Kier molecular flexibility index (Phi) is 4.08. The van der Waals surface area contributed by atoms with Crippen LogP contribution in [0.4, 0.5) is 11.6 Å². The number of guanidine groups is 1. The fourth-order valence-electron chi connectivity index (χ4n) is 3.16. The lowest BCUT2D eigenvalue weighted by Gasteiger charge is -2.24. The number of carbonyl (C=O) groups is 1. The minimum Gasteiger partial charge on any atom is -0.477 e. The second-order valence-electron chi connectivity index (χ2n) is 6.08. The van der Waals surface area contributed by atoms with Crippen molar-refractivity contribution in [1.82, 2.24) is 9.55 Å². The van der Waals surface area contributed by atoms with E-state index >= 15 is 0 Å². The van der Waals surface area contributed by atoms with E-state index in [0.717, 1.165) is 16.6 Å². The Balaban J connectivity index is 1.92. The molecule has 0 saturated heterocycles. The van der Waals surface area contributed by atoms with Crippen LogP contribution in [0, 0.1) is 0 Å². The van der Waals surface area contributed by atoms with E-state index in [0.29, 0.717) is 18.1 Å². The number of anilines is 1. The average molecular weight is 362 g/mol. The molecule has 2 aromatic carbocycles. The van der Waals surface area contributed by atoms with Crippen molar-refractivity contribution in [2.45, 2.75) is 19.5 Å². The number of aromatic nitrogens is 2. The first kappa shape index (κ1) is 16.8. The van der Waals surface area contributed by atoms with Gasteiger partial charge in [0.25, 0.3) is 0 Å². The molecule has 4 N–H and O–H groups in total. The number of rotatable bonds is 4. The first-order valence-corrected chi connectivity index (χ1v) is 8.55. The number of para-hydroxylation sites is 3. The molecule has 0 spiro atoms. The molecule has 1 aliphatic rings. The lowest BCUT2D eigenvalue weighted by molar-refractivity contribution is -0.129. The van der Waals surface area contributed by atoms with Gasteiger partial charge in [0, 0.05) is 5.56 Å². The molecule has 1 atom stereocenters. The quantitative estimate of drug-likeness (QED) is 0.617. The van der Waals surface area contributed by atoms with Crippen LogP contribution in [0.25, 0.3) is 11.0 Å². The number of nitrogens with zero attached hydrogens (tertiary/aromatic N) is 4. The van der Waals surface area contributed by atoms with Crippen molar-refractivity contribution >= 4 is 40.3 Å². The Bertz CT molecular complexity index is 1100. The van der Waals surface area contributed by atoms with Gasteiger partial charge in [-0.15, -0.1) is 0 Å². The van der Waals surface area contributed by atoms with Crippen molar-refractivity contribution in [3.63, 3.8) is 0 Å². The Morgan fingerprint density at radius 2 is 2.00 bits per heavy atom. The maximum atomic E-state index is 11.4. The highest BCUT2D eigenvalue weighted by Crippen LogP contribution is 2.36. The maximum absolute atomic E-state index is 11.4. The van der Waals surface area contributed by atoms with Crippen LogP contribution in [-0.4, -0.2) is 32.3 Å². The van der Waals surface area contributed by atoms with Crippen LogP contribution in [0.15, 0.2) is 58.5 Å². The summed E-state index contributed by atoms with van der Waals surface area (Å²) in [6.07, 6.45) is -0.180. The highest BCUT2D eigenvalue weighted by atomic mass is 16.4. The van der Waals surface area contributed by atoms with Gasteiger partial charge in [0.05, 0.1) is 16.7 Å². The number of carboxylic acids is 1. The zero-order chi connectivity index (χ0) is 19.0. The van der Waals surface area contributed by atoms with Gasteiger partial charge in [0.15, 0.2) is 12.1 Å². The lowest BCUT2D eigenvalue weighted by atomic mass is 10.1. The molecule has 0 radical (unpaired) electrons. The normalized spacial score (nSPS) is 16.6. The summed E-state index contributed by atoms with van der Waals surface area (Å²) in [5.41, 5.74) is 9.07. The number of hydrogen-bond acceptors (Lipinski definition) is 6. The van der Waals surface area contributed by atoms with Crippen molar-refractivity contribution in [1.29, 1.82) is 0 Å². The number of fused-ring (bicyclic) bond motifs is 3. The van der Waals surface area contributed by atoms with Gasteiger partial charge in [0.1, 0.15) is 5.71 Å². The minimum atomic E-state index is -1.03. The third-order valence-electron chi connectivity index (χ3n) is 4.39. The van der Waals surface area contributed by atoms with Crippen molar-refractivity contribution in [2.24, 2.45) is 15.7 Å². The van der Waals surface area contributed by atoms with Crippen LogP contribution in [-0.2, 0) is 4.79 Å². The molecule has 1 unspecified atom stereocenters. The highest BCUT2D eigenvalue weighted by molar-refractivity contribution is 6.36. The molecule has 2 heterocycles. The smallest absolute Gasteiger partial charge is 0.350 e. The van der Waals surface area contributed by atoms with Gasteiger partial charge in [-0.3, -0.25) is 9.88 Å². The van der Waals surface area contributed by atoms with Crippen molar-refractivity contribution in [3.05, 3.63) is 54.1 Å². The molecule has 136 valence electrons. The zero-order valence-corrected chi connectivity index (χ0v) is 14.6. The summed E-state index contributed by atoms with van der Waals surface area (Å²) in [5, 5.41) is 12.3. The van der Waals surface area contributed by atoms with Crippen molar-refractivity contribution in [3.8, 4) is 0 Å². The molecule has 8 heteroatoms. The second-order valence-corrected chi connectivity index (χ2v) is 6.08. The summed E-state index contributed by atoms with van der Waals surface area (Å²) < 4.78 is 1.94. The Morgan fingerprint density at radius 3 is 2.78 bits per heavy atom. The molecule has 0 aliphatic carbocycles. The Labute approximate surface area is 155 Å². The fraction of sp³-hybridized carbons (Fsp3) is 0.158. The number of imidazole rings is 1. The molecule has 27 heavy (non-hydrogen) atoms. The first-order valence-electron chi connectivity index (χ1n) is 8.55. The van der Waals surface area contributed by atoms with E-state index in [-0.39, 0.29) is 11.7 Å². The highest BCUT2D eigenvalue weighted by Gasteiger charge is 2.26. The third kappa shape index (κ3) is 2.91. The Hall–Kier alpha value is -3.68. The van der Waals surface area contributed by atoms with Gasteiger partial charge in [-0.2, -0.15) is 0 Å². The van der Waals surface area contributed by atoms with Crippen LogP contribution in [0.2, 0.25) is 0 Å². The molecule has 4 rings (SSSR count). The number of benzene rings is 2. The van der Waals surface area contributed by atoms with Crippen LogP contribution in [0.5, 0.6) is 0 Å². The number of carboxylic acid groups (broad SMARTS) is 1. The fourth-order valence-corrected chi connectivity index (χ4v) is 3.16. The van der Waals surface area contributed by atoms with Crippen LogP contribution in [0.1, 0.15) is 25.1 Å². The molecule has 0 saturated carbocycles. The summed E-state index contributed by atoms with van der Waals surface area (Å²) in [5.74, 6) is -0.202. The van der Waals surface area contributed by atoms with E-state index in [2.05, 4.69) is 20.3 Å². The first-order chi connectivity index (χ1) is 13.1. The topological polar surface area (TPSA) is 118 Å². The largest absolute Gasteiger partial charge is 0.477 e. The van der Waals surface area contributed by atoms with Crippen LogP contribution < -0.4 is 11.1 Å². The maximum Gasteiger partial charge on any atom is 0.350 e. The Morgan fingerprint density at radius 1 is 1.26 bits per heavy atom. The van der Waals surface area contributed by atoms with E-state index in [1.807, 2.05) is 47.0 Å². The summed E-state index contributed by atoms with van der Waals surface area (Å²) in [4.78, 5) is 24.9. The average Bonchev–Trinajstić information content (AvgIpc) is 3.03. The minimum absolute atomic E-state index is 0.0871. The number of aliphatic imine (C=N–C) groups is 2. The number of nitrogens with two attached hydrogens (primary N) is 1. The number of nitrogens with one attached hydrogen (secondary N) is 1. The van der Waals surface area contributed by atoms with Gasteiger partial charge in [-0.05, 0) is 24.6 Å². The molecule has 0 fully saturated rings. The van der Waals surface area contributed by atoms with E-state index in [9.17, 15) is 9.90 Å². The van der Waals surface area contributed by atoms with E-state index < -0.39 is 12.1 Å². The monoisotopic (exact) mass is 362 g/mol. The predicted octanol–water partition coefficient (Wildman–Crippen LogP) is 2.89. The van der Waals surface area contributed by atoms with Gasteiger partial charge < -0.3 is 10.8 Å². The standard InChI is InChI=1S/C19H18N6O2/c1-2-12(17(26)27)21-13-8-4-3-7-11(13)16-23-18(20)24-19-22-14-9-5-6-10-15(14)25(16)19/h3-10,16H,2H2,1H3,(H,26,27)(H3,20,22,23,24). The SMILES string of the molecule is CCC(=Nc1ccccc1C1N=C(N)Nc2nc3ccccc3n21)C(=O)O. The zero-order valence-electron chi connectivity index (χ0n) is 14.6. The number of hydrogen-bond donors (Lipinski definition) is 3. The molecule has 1 aromatic heterocycles. The van der Waals surface area contributed by atoms with E-state index in [1.165, 1.54) is 0 Å². The molecular weight excluding hydrogens is 344 g/mol. The summed E-state index contributed by atoms with van der Waals surface area (Å²) >= 11 is 0. The molecule has 0 bridgehead atoms. The molecular formula is C19H18N6O2. The van der Waals surface area contributed by atoms with Crippen LogP contribution in [0.3, 0.4) is 0 Å². The van der Waals surface area contributed by atoms with Crippen LogP contribution >= 0.6 is 0 Å². The van der Waals surface area contributed by atoms with E-state index in [1.54, 1.807) is 13.0 Å². The lowest BCUT2D eigenvalue weighted by Crippen LogP contribution is -2.31. The van der Waals surface area contributed by atoms with Gasteiger partial charge >= 0.3 is 5.97 Å². The van der Waals surface area contributed by atoms with E-state index in [4.69, 9.17) is 5.73 Å². The van der Waals surface area contributed by atoms with Gasteiger partial charge in [0.2, 0.25) is 5.95 Å². The molecule has 0 amide bonds. The molecule has 1 aliphatic heterocycles. The summed E-state index contributed by atoms with van der Waals surface area (Å²) in [6.45, 7) is 1.76. The van der Waals surface area contributed by atoms with Crippen molar-refractivity contribution < 1.29 is 9.90 Å². The third-order valence-corrected chi connectivity index (χ3v) is 4.39. The van der Waals surface area contributed by atoms with Gasteiger partial charge in [-0.1, -0.05) is 37.3 Å². The predicted molar refractivity (Wildman–Crippen MR) is 105 cm³/mol. The molecule has 8 nitrogen and oxygen atoms in total. The summed E-state index contributed by atoms with van der Waals surface area (Å²) in [6, 6.07) is 15.1. The van der Waals surface area contributed by atoms with Crippen molar-refractivity contribution in [2.75, 3.05) is 5.32 Å². The second kappa shape index (κ2) is 6.56. The number of aliphatic carboxylic acids is 1.